The third-order valence-electron chi connectivity index (χ3n) is 5.08. The number of carbonyl (C=O) groups excluding carboxylic acids is 1. The van der Waals surface area contributed by atoms with E-state index in [-0.39, 0.29) is 11.6 Å². The minimum absolute atomic E-state index is 0.0130. The van der Waals surface area contributed by atoms with Crippen LogP contribution in [-0.4, -0.2) is 62.5 Å². The summed E-state index contributed by atoms with van der Waals surface area (Å²) >= 11 is 0. The zero-order chi connectivity index (χ0) is 29.2. The molecule has 1 aromatic heterocycles. The third-order valence-corrected chi connectivity index (χ3v) is 6.95. The van der Waals surface area contributed by atoms with Crippen LogP contribution < -0.4 is 15.9 Å². The second kappa shape index (κ2) is 11.4. The average Bonchev–Trinajstić information content (AvgIpc) is 3.10. The Labute approximate surface area is 215 Å². The molecule has 0 radical (unpaired) electrons. The predicted molar refractivity (Wildman–Crippen MR) is 129 cm³/mol. The van der Waals surface area contributed by atoms with Crippen molar-refractivity contribution < 1.29 is 40.1 Å². The van der Waals surface area contributed by atoms with Crippen LogP contribution in [0.15, 0.2) is 41.3 Å². The molecule has 0 aliphatic carbocycles. The van der Waals surface area contributed by atoms with Crippen molar-refractivity contribution in [1.82, 2.24) is 14.8 Å². The number of hydrogen-bond acceptors (Lipinski definition) is 11. The Balaban J connectivity index is 1.96. The Bertz CT molecular complexity index is 1340. The van der Waals surface area contributed by atoms with Crippen molar-refractivity contribution in [1.29, 1.82) is 0 Å². The zero-order valence-electron chi connectivity index (χ0n) is 22.2. The highest BCUT2D eigenvalue weighted by Crippen LogP contribution is 2.51. The largest absolute Gasteiger partial charge is 0.463 e. The first kappa shape index (κ1) is 25.4. The first-order valence-corrected chi connectivity index (χ1v) is 12.8. The normalized spacial score (nSPS) is 26.9. The lowest BCUT2D eigenvalue weighted by Gasteiger charge is -2.24. The number of anilines is 1. The Hall–Kier alpha value is -3.30. The summed E-state index contributed by atoms with van der Waals surface area (Å²) in [7, 11) is -4.61. The molecule has 1 aliphatic rings. The van der Waals surface area contributed by atoms with Crippen LogP contribution in [0, 0.1) is 18.3 Å². The van der Waals surface area contributed by atoms with Crippen molar-refractivity contribution in [2.75, 3.05) is 18.5 Å². The average molecular weight is 540 g/mol. The van der Waals surface area contributed by atoms with E-state index in [4.69, 9.17) is 33.4 Å². The second-order valence-corrected chi connectivity index (χ2v) is 10.4. The number of halogens is 1. The smallest absolute Gasteiger partial charge is 0.380 e. The quantitative estimate of drug-likeness (QED) is 0.256. The summed E-state index contributed by atoms with van der Waals surface area (Å²) in [4.78, 5) is 28.1. The van der Waals surface area contributed by atoms with Crippen LogP contribution >= 0.6 is 7.60 Å². The van der Waals surface area contributed by atoms with Gasteiger partial charge < -0.3 is 24.8 Å². The molecule has 2 heterocycles. The van der Waals surface area contributed by atoms with E-state index in [2.05, 4.69) is 10.1 Å². The molecule has 14 heteroatoms. The van der Waals surface area contributed by atoms with E-state index in [0.717, 1.165) is 6.20 Å². The maximum Gasteiger partial charge on any atom is 0.380 e. The molecule has 1 saturated heterocycles. The Kier molecular flexibility index (Phi) is 7.81. The van der Waals surface area contributed by atoms with Gasteiger partial charge in [0.2, 0.25) is 11.9 Å². The number of terminal acetylenes is 1. The van der Waals surface area contributed by atoms with Crippen LogP contribution in [0.2, 0.25) is 0 Å². The molecule has 0 spiro atoms. The van der Waals surface area contributed by atoms with Gasteiger partial charge in [-0.1, -0.05) is 31.0 Å². The monoisotopic (exact) mass is 540 g/mol. The standard InChI is InChI=1S/C23H28FN4O8P/c1-5-23(24)19(29)17(35-21(23)28-22(31)27-18(25)11-26-28)12-33-37(32,36-16-9-7-6-8-10-16)13-15(4)20(30)34-14(2)3/h1,6-11,14-15,17,19,21,29H,12-13H2,2-4H3,(H2,25,27,31)/t15-,17-,19+,21-,23?,37+/m1/s1/i12D2. The van der Waals surface area contributed by atoms with Gasteiger partial charge in [0, 0.05) is 0 Å². The number of nitrogens with zero attached hydrogens (tertiary/aromatic N) is 3. The number of esters is 1. The van der Waals surface area contributed by atoms with Crippen molar-refractivity contribution in [2.45, 2.75) is 51.0 Å². The molecule has 1 aliphatic heterocycles. The Morgan fingerprint density at radius 1 is 1.43 bits per heavy atom. The number of para-hydroxylation sites is 1. The maximum atomic E-state index is 15.8. The van der Waals surface area contributed by atoms with E-state index in [1.165, 1.54) is 19.1 Å². The molecule has 0 bridgehead atoms. The van der Waals surface area contributed by atoms with Crippen LogP contribution in [0.3, 0.4) is 0 Å². The van der Waals surface area contributed by atoms with E-state index in [9.17, 15) is 19.3 Å². The minimum atomic E-state index is -4.61. The lowest BCUT2D eigenvalue weighted by atomic mass is 9.97. The van der Waals surface area contributed by atoms with Crippen LogP contribution in [0.5, 0.6) is 5.75 Å². The van der Waals surface area contributed by atoms with Crippen molar-refractivity contribution in [3.05, 3.63) is 47.0 Å². The van der Waals surface area contributed by atoms with Gasteiger partial charge in [-0.2, -0.15) is 14.8 Å². The fourth-order valence-corrected chi connectivity index (χ4v) is 5.02. The number of alkyl halides is 1. The molecule has 3 rings (SSSR count). The predicted octanol–water partition coefficient (Wildman–Crippen LogP) is 1.70. The number of nitrogens with two attached hydrogens (primary N) is 1. The highest BCUT2D eigenvalue weighted by Gasteiger charge is 2.59. The van der Waals surface area contributed by atoms with Gasteiger partial charge in [-0.05, 0) is 26.0 Å². The van der Waals surface area contributed by atoms with E-state index in [0.29, 0.717) is 4.68 Å². The van der Waals surface area contributed by atoms with E-state index >= 15 is 4.39 Å². The summed E-state index contributed by atoms with van der Waals surface area (Å²) in [5, 5.41) is 14.3. The number of aliphatic hydroxyl groups excluding tert-OH is 1. The fraction of sp³-hybridized carbons (Fsp3) is 0.478. The highest BCUT2D eigenvalue weighted by molar-refractivity contribution is 7.54. The molecule has 0 amide bonds. The van der Waals surface area contributed by atoms with E-state index in [1.807, 2.05) is 0 Å². The van der Waals surface area contributed by atoms with Gasteiger partial charge in [0.1, 0.15) is 23.8 Å². The Morgan fingerprint density at radius 3 is 2.70 bits per heavy atom. The van der Waals surface area contributed by atoms with Crippen LogP contribution in [0.4, 0.5) is 10.2 Å². The van der Waals surface area contributed by atoms with E-state index in [1.54, 1.807) is 38.0 Å². The lowest BCUT2D eigenvalue weighted by molar-refractivity contribution is -0.151. The fourth-order valence-electron chi connectivity index (χ4n) is 3.31. The summed E-state index contributed by atoms with van der Waals surface area (Å²) in [6.07, 6.45) is -1.80. The molecular formula is C23H28FN4O8P. The van der Waals surface area contributed by atoms with Crippen molar-refractivity contribution in [3.8, 4) is 18.1 Å². The minimum Gasteiger partial charge on any atom is -0.463 e. The number of nitrogen functional groups attached to an aromatic ring is 1. The van der Waals surface area contributed by atoms with Crippen molar-refractivity contribution >= 4 is 19.4 Å². The molecule has 3 N–H and O–H groups in total. The maximum absolute atomic E-state index is 15.8. The first-order chi connectivity index (χ1) is 18.1. The topological polar surface area (TPSA) is 165 Å². The SMILES string of the molecule is [2H]C([2H])(O[P@@](=O)(C[C@@H](C)C(=O)OC(C)C)Oc1ccccc1)[C@H]1O[C@@H](n2ncc(N)nc2=O)C(F)(C#C)[C@H]1O. The zero-order valence-corrected chi connectivity index (χ0v) is 21.1. The van der Waals surface area contributed by atoms with Crippen LogP contribution in [0.1, 0.15) is 29.7 Å². The van der Waals surface area contributed by atoms with Gasteiger partial charge in [0.15, 0.2) is 0 Å². The molecule has 1 aromatic carbocycles. The number of aromatic nitrogens is 3. The summed E-state index contributed by atoms with van der Waals surface area (Å²) in [6, 6.07) is 7.57. The summed E-state index contributed by atoms with van der Waals surface area (Å²) < 4.78 is 68.2. The van der Waals surface area contributed by atoms with Crippen LogP contribution in [0.25, 0.3) is 0 Å². The summed E-state index contributed by atoms with van der Waals surface area (Å²) in [5.41, 5.74) is 1.01. The number of rotatable bonds is 10. The van der Waals surface area contributed by atoms with Gasteiger partial charge >= 0.3 is 19.3 Å². The lowest BCUT2D eigenvalue weighted by Crippen LogP contribution is -2.45. The first-order valence-electron chi connectivity index (χ1n) is 12.1. The second-order valence-electron chi connectivity index (χ2n) is 8.47. The molecule has 2 aromatic rings. The molecule has 0 saturated carbocycles. The molecular weight excluding hydrogens is 510 g/mol. The third kappa shape index (κ3) is 6.53. The Morgan fingerprint density at radius 2 is 2.11 bits per heavy atom. The van der Waals surface area contributed by atoms with Gasteiger partial charge in [-0.15, -0.1) is 6.42 Å². The number of hydrogen-bond donors (Lipinski definition) is 2. The van der Waals surface area contributed by atoms with Gasteiger partial charge in [-0.3, -0.25) is 9.32 Å². The number of carbonyl (C=O) groups is 1. The summed E-state index contributed by atoms with van der Waals surface area (Å²) in [6.45, 7) is 1.35. The molecule has 37 heavy (non-hydrogen) atoms. The van der Waals surface area contributed by atoms with Crippen LogP contribution in [-0.2, 0) is 23.4 Å². The molecule has 1 unspecified atom stereocenters. The van der Waals surface area contributed by atoms with Gasteiger partial charge in [0.25, 0.3) is 0 Å². The summed E-state index contributed by atoms with van der Waals surface area (Å²) in [5.74, 6) is -0.452. The number of aliphatic hydroxyl groups is 1. The van der Waals surface area contributed by atoms with Gasteiger partial charge in [-0.25, -0.2) is 13.8 Å². The molecule has 1 fully saturated rings. The van der Waals surface area contributed by atoms with Crippen molar-refractivity contribution in [3.63, 3.8) is 0 Å². The van der Waals surface area contributed by atoms with Crippen molar-refractivity contribution in [2.24, 2.45) is 5.92 Å². The van der Waals surface area contributed by atoms with E-state index < -0.39 is 68.1 Å². The molecule has 6 atom stereocenters. The number of benzene rings is 1. The highest BCUT2D eigenvalue weighted by atomic mass is 31.2. The number of ether oxygens (including phenoxy) is 2. The van der Waals surface area contributed by atoms with Gasteiger partial charge in [0.05, 0.1) is 33.7 Å². The molecule has 200 valence electrons. The molecule has 12 nitrogen and oxygen atoms in total.